The second-order valence-electron chi connectivity index (χ2n) is 4.11. The van der Waals surface area contributed by atoms with E-state index in [1.807, 2.05) is 11.4 Å². The van der Waals surface area contributed by atoms with Crippen LogP contribution in [0.25, 0.3) is 21.8 Å². The van der Waals surface area contributed by atoms with Crippen LogP contribution in [0.1, 0.15) is 0 Å². The van der Waals surface area contributed by atoms with Crippen LogP contribution in [0.4, 0.5) is 4.39 Å². The van der Waals surface area contributed by atoms with Gasteiger partial charge in [-0.15, -0.1) is 11.3 Å². The molecular weight excluding hydrogens is 398 g/mol. The van der Waals surface area contributed by atoms with E-state index in [-0.39, 0.29) is 15.9 Å². The molecule has 0 aliphatic heterocycles. The Hall–Kier alpha value is -1.01. The van der Waals surface area contributed by atoms with Crippen molar-refractivity contribution < 1.29 is 4.39 Å². The first kappa shape index (κ1) is 14.9. The number of thiophene rings is 1. The van der Waals surface area contributed by atoms with Gasteiger partial charge in [-0.1, -0.05) is 41.4 Å². The maximum atomic E-state index is 13.9. The first-order chi connectivity index (χ1) is 10.1. The molecule has 21 heavy (non-hydrogen) atoms. The van der Waals surface area contributed by atoms with Crippen molar-refractivity contribution in [3.8, 4) is 21.8 Å². The summed E-state index contributed by atoms with van der Waals surface area (Å²) in [6.45, 7) is 0. The maximum Gasteiger partial charge on any atom is 0.172 e. The third kappa shape index (κ3) is 2.97. The molecule has 106 valence electrons. The van der Waals surface area contributed by atoms with Crippen LogP contribution in [0.3, 0.4) is 0 Å². The Morgan fingerprint density at radius 3 is 2.33 bits per heavy atom. The van der Waals surface area contributed by atoms with Crippen LogP contribution in [0.15, 0.2) is 40.2 Å². The molecule has 0 saturated heterocycles. The quantitative estimate of drug-likeness (QED) is 0.484. The van der Waals surface area contributed by atoms with E-state index in [2.05, 4.69) is 25.9 Å². The molecule has 2 aromatic heterocycles. The summed E-state index contributed by atoms with van der Waals surface area (Å²) in [5.41, 5.74) is 0.585. The van der Waals surface area contributed by atoms with Gasteiger partial charge in [0.25, 0.3) is 0 Å². The Morgan fingerprint density at radius 1 is 1.10 bits per heavy atom. The van der Waals surface area contributed by atoms with Crippen molar-refractivity contribution in [3.05, 3.63) is 56.3 Å². The third-order valence-corrected chi connectivity index (χ3v) is 4.99. The predicted octanol–water partition coefficient (Wildman–Crippen LogP) is 6.08. The Morgan fingerprint density at radius 2 is 1.76 bits per heavy atom. The summed E-state index contributed by atoms with van der Waals surface area (Å²) in [6.07, 6.45) is 0. The second kappa shape index (κ2) is 6.01. The van der Waals surface area contributed by atoms with Gasteiger partial charge in [0.15, 0.2) is 5.82 Å². The molecule has 0 unspecified atom stereocenters. The van der Waals surface area contributed by atoms with E-state index >= 15 is 0 Å². The number of hydrogen-bond acceptors (Lipinski definition) is 3. The van der Waals surface area contributed by atoms with Gasteiger partial charge < -0.3 is 0 Å². The van der Waals surface area contributed by atoms with Crippen LogP contribution >= 0.6 is 50.5 Å². The lowest BCUT2D eigenvalue weighted by molar-refractivity contribution is 0.631. The zero-order valence-corrected chi connectivity index (χ0v) is 14.2. The van der Waals surface area contributed by atoms with Crippen LogP contribution in [0, 0.1) is 5.82 Å². The molecule has 0 spiro atoms. The number of hydrogen-bond donors (Lipinski definition) is 0. The van der Waals surface area contributed by atoms with E-state index in [9.17, 15) is 4.39 Å². The normalized spacial score (nSPS) is 10.9. The van der Waals surface area contributed by atoms with Gasteiger partial charge in [-0.3, -0.25) is 0 Å². The highest BCUT2D eigenvalue weighted by atomic mass is 79.9. The molecule has 0 fully saturated rings. The summed E-state index contributed by atoms with van der Waals surface area (Å²) in [4.78, 5) is 9.28. The number of halogens is 4. The molecule has 2 nitrogen and oxygen atoms in total. The summed E-state index contributed by atoms with van der Waals surface area (Å²) in [7, 11) is 0. The molecule has 0 amide bonds. The smallest absolute Gasteiger partial charge is 0.172 e. The van der Waals surface area contributed by atoms with Gasteiger partial charge in [-0.05, 0) is 28.1 Å². The lowest BCUT2D eigenvalue weighted by Crippen LogP contribution is -1.95. The third-order valence-electron chi connectivity index (χ3n) is 2.75. The van der Waals surface area contributed by atoms with Crippen molar-refractivity contribution in [1.29, 1.82) is 0 Å². The second-order valence-corrected chi connectivity index (χ2v) is 6.66. The Balaban J connectivity index is 2.15. The van der Waals surface area contributed by atoms with Crippen LogP contribution in [-0.2, 0) is 0 Å². The van der Waals surface area contributed by atoms with E-state index < -0.39 is 5.82 Å². The summed E-state index contributed by atoms with van der Waals surface area (Å²) in [5, 5.41) is 2.16. The van der Waals surface area contributed by atoms with Gasteiger partial charge in [0.05, 0.1) is 10.4 Å². The van der Waals surface area contributed by atoms with E-state index in [1.165, 1.54) is 17.4 Å². The summed E-state index contributed by atoms with van der Waals surface area (Å²) in [6, 6.07) is 8.10. The first-order valence-corrected chi connectivity index (χ1v) is 8.21. The summed E-state index contributed by atoms with van der Waals surface area (Å²) < 4.78 is 14.8. The number of benzene rings is 1. The summed E-state index contributed by atoms with van der Waals surface area (Å²) in [5.74, 6) is -0.00249. The fraction of sp³-hybridized carbons (Fsp3) is 0. The molecule has 0 aliphatic rings. The van der Waals surface area contributed by atoms with Crippen molar-refractivity contribution in [2.75, 3.05) is 0 Å². The molecular formula is C14H6BrCl2FN2S. The van der Waals surface area contributed by atoms with E-state index in [0.29, 0.717) is 11.4 Å². The molecule has 0 bridgehead atoms. The summed E-state index contributed by atoms with van der Waals surface area (Å²) >= 11 is 17.2. The highest BCUT2D eigenvalue weighted by molar-refractivity contribution is 9.10. The number of aromatic nitrogens is 2. The van der Waals surface area contributed by atoms with Crippen LogP contribution < -0.4 is 0 Å². The molecule has 3 aromatic rings. The highest BCUT2D eigenvalue weighted by Crippen LogP contribution is 2.37. The van der Waals surface area contributed by atoms with Crippen LogP contribution in [0.2, 0.25) is 10.3 Å². The van der Waals surface area contributed by atoms with Crippen molar-refractivity contribution >= 4 is 50.5 Å². The average Bonchev–Trinajstić information content (AvgIpc) is 2.87. The Labute approximate surface area is 142 Å². The minimum absolute atomic E-state index is 0.125. The molecule has 0 atom stereocenters. The standard InChI is InChI=1S/C14H6BrCl2FN2S/c15-7-5-10(21-6-7)14-19-12(16)11(13(17)20-14)8-3-1-2-4-9(8)18/h1-6H. The molecule has 0 saturated carbocycles. The molecule has 1 aromatic carbocycles. The predicted molar refractivity (Wildman–Crippen MR) is 88.5 cm³/mol. The van der Waals surface area contributed by atoms with Gasteiger partial charge in [0.1, 0.15) is 16.1 Å². The van der Waals surface area contributed by atoms with Crippen molar-refractivity contribution in [2.24, 2.45) is 0 Å². The lowest BCUT2D eigenvalue weighted by Gasteiger charge is -2.08. The van der Waals surface area contributed by atoms with Gasteiger partial charge in [-0.25, -0.2) is 14.4 Å². The van der Waals surface area contributed by atoms with Crippen LogP contribution in [-0.4, -0.2) is 9.97 Å². The molecule has 3 rings (SSSR count). The lowest BCUT2D eigenvalue weighted by atomic mass is 10.1. The van der Waals surface area contributed by atoms with Crippen molar-refractivity contribution in [3.63, 3.8) is 0 Å². The molecule has 2 heterocycles. The van der Waals surface area contributed by atoms with Gasteiger partial charge >= 0.3 is 0 Å². The SMILES string of the molecule is Fc1ccccc1-c1c(Cl)nc(-c2cc(Br)cs2)nc1Cl. The van der Waals surface area contributed by atoms with Gasteiger partial charge in [0, 0.05) is 15.4 Å². The van der Waals surface area contributed by atoms with E-state index in [4.69, 9.17) is 23.2 Å². The Bertz CT molecular complexity index is 799. The molecule has 0 radical (unpaired) electrons. The van der Waals surface area contributed by atoms with Crippen LogP contribution in [0.5, 0.6) is 0 Å². The fourth-order valence-corrected chi connectivity index (χ4v) is 3.79. The first-order valence-electron chi connectivity index (χ1n) is 5.78. The number of nitrogens with zero attached hydrogens (tertiary/aromatic N) is 2. The Kier molecular flexibility index (Phi) is 4.26. The largest absolute Gasteiger partial charge is 0.215 e. The minimum Gasteiger partial charge on any atom is -0.215 e. The van der Waals surface area contributed by atoms with E-state index in [0.717, 1.165) is 9.35 Å². The maximum absolute atomic E-state index is 13.9. The topological polar surface area (TPSA) is 25.8 Å². The fourth-order valence-electron chi connectivity index (χ4n) is 1.83. The zero-order chi connectivity index (χ0) is 15.0. The van der Waals surface area contributed by atoms with Crippen molar-refractivity contribution in [2.45, 2.75) is 0 Å². The minimum atomic E-state index is -0.420. The zero-order valence-electron chi connectivity index (χ0n) is 10.3. The average molecular weight is 404 g/mol. The van der Waals surface area contributed by atoms with Gasteiger partial charge in [-0.2, -0.15) is 0 Å². The van der Waals surface area contributed by atoms with Crippen molar-refractivity contribution in [1.82, 2.24) is 9.97 Å². The monoisotopic (exact) mass is 402 g/mol. The van der Waals surface area contributed by atoms with Gasteiger partial charge in [0.2, 0.25) is 0 Å². The molecule has 7 heteroatoms. The highest BCUT2D eigenvalue weighted by Gasteiger charge is 2.17. The molecule has 0 N–H and O–H groups in total. The molecule has 0 aliphatic carbocycles. The number of rotatable bonds is 2. The van der Waals surface area contributed by atoms with E-state index in [1.54, 1.807) is 18.2 Å².